The lowest BCUT2D eigenvalue weighted by molar-refractivity contribution is -0.130. The highest BCUT2D eigenvalue weighted by molar-refractivity contribution is 5.86. The molecule has 0 heterocycles. The molecule has 0 atom stereocenters. The van der Waals surface area contributed by atoms with Gasteiger partial charge in [0.25, 0.3) is 0 Å². The van der Waals surface area contributed by atoms with E-state index in [-0.39, 0.29) is 24.3 Å². The molecule has 5 nitrogen and oxygen atoms in total. The molecule has 20 heavy (non-hydrogen) atoms. The van der Waals surface area contributed by atoms with Crippen molar-refractivity contribution in [2.45, 2.75) is 25.8 Å². The topological polar surface area (TPSA) is 67.4 Å². The molecule has 0 saturated heterocycles. The van der Waals surface area contributed by atoms with Crippen molar-refractivity contribution in [1.82, 2.24) is 10.6 Å². The van der Waals surface area contributed by atoms with Gasteiger partial charge >= 0.3 is 0 Å². The van der Waals surface area contributed by atoms with E-state index in [1.54, 1.807) is 7.11 Å². The Hall–Kier alpha value is -2.04. The van der Waals surface area contributed by atoms with Crippen molar-refractivity contribution in [2.75, 3.05) is 13.7 Å². The molecule has 2 N–H and O–H groups in total. The minimum atomic E-state index is -0.180. The number of ether oxygens (including phenoxy) is 1. The van der Waals surface area contributed by atoms with Gasteiger partial charge in [-0.3, -0.25) is 9.59 Å². The predicted molar refractivity (Wildman–Crippen MR) is 75.2 cm³/mol. The second kappa shape index (κ2) is 6.93. The van der Waals surface area contributed by atoms with Crippen LogP contribution in [-0.4, -0.2) is 25.5 Å². The molecule has 2 amide bonds. The first kappa shape index (κ1) is 14.4. The van der Waals surface area contributed by atoms with Crippen molar-refractivity contribution in [1.29, 1.82) is 0 Å². The number of carbonyl (C=O) groups excluding carboxylic acids is 2. The second-order valence-corrected chi connectivity index (χ2v) is 4.97. The number of carbonyl (C=O) groups is 2. The number of rotatable bonds is 6. The summed E-state index contributed by atoms with van der Waals surface area (Å²) in [4.78, 5) is 23.2. The molecule has 108 valence electrons. The van der Waals surface area contributed by atoms with E-state index in [2.05, 4.69) is 10.6 Å². The number of methoxy groups -OCH3 is 1. The average Bonchev–Trinajstić information content (AvgIpc) is 2.41. The SMILES string of the molecule is COc1cccc(CNC(=O)CNC(=O)C2CCC2)c1. The van der Waals surface area contributed by atoms with Crippen LogP contribution in [0.25, 0.3) is 0 Å². The van der Waals surface area contributed by atoms with Gasteiger partial charge in [-0.1, -0.05) is 18.6 Å². The van der Waals surface area contributed by atoms with Crippen LogP contribution >= 0.6 is 0 Å². The Morgan fingerprint density at radius 3 is 2.75 bits per heavy atom. The van der Waals surface area contributed by atoms with Crippen LogP contribution in [0.5, 0.6) is 5.75 Å². The van der Waals surface area contributed by atoms with Crippen molar-refractivity contribution in [3.63, 3.8) is 0 Å². The molecule has 1 aliphatic rings. The first-order valence-electron chi connectivity index (χ1n) is 6.86. The fraction of sp³-hybridized carbons (Fsp3) is 0.467. The van der Waals surface area contributed by atoms with Gasteiger partial charge in [0.1, 0.15) is 5.75 Å². The van der Waals surface area contributed by atoms with Crippen molar-refractivity contribution in [3.05, 3.63) is 29.8 Å². The molecule has 1 aromatic carbocycles. The summed E-state index contributed by atoms with van der Waals surface area (Å²) in [5.41, 5.74) is 0.961. The quantitative estimate of drug-likeness (QED) is 0.821. The summed E-state index contributed by atoms with van der Waals surface area (Å²) in [5.74, 6) is 0.685. The van der Waals surface area contributed by atoms with E-state index >= 15 is 0 Å². The van der Waals surface area contributed by atoms with Gasteiger partial charge in [-0.2, -0.15) is 0 Å². The Balaban J connectivity index is 1.70. The third-order valence-electron chi connectivity index (χ3n) is 3.52. The number of benzene rings is 1. The number of hydrogen-bond donors (Lipinski definition) is 2. The Morgan fingerprint density at radius 1 is 1.30 bits per heavy atom. The van der Waals surface area contributed by atoms with Crippen LogP contribution in [0.3, 0.4) is 0 Å². The molecule has 0 aromatic heterocycles. The molecule has 2 rings (SSSR count). The third-order valence-corrected chi connectivity index (χ3v) is 3.52. The summed E-state index contributed by atoms with van der Waals surface area (Å²) in [7, 11) is 1.60. The zero-order valence-corrected chi connectivity index (χ0v) is 11.6. The van der Waals surface area contributed by atoms with Crippen LogP contribution in [0.2, 0.25) is 0 Å². The van der Waals surface area contributed by atoms with Crippen molar-refractivity contribution < 1.29 is 14.3 Å². The lowest BCUT2D eigenvalue weighted by Crippen LogP contribution is -2.41. The molecule has 0 unspecified atom stereocenters. The highest BCUT2D eigenvalue weighted by atomic mass is 16.5. The van der Waals surface area contributed by atoms with Crippen LogP contribution in [0, 0.1) is 5.92 Å². The highest BCUT2D eigenvalue weighted by Gasteiger charge is 2.25. The van der Waals surface area contributed by atoms with E-state index in [4.69, 9.17) is 4.74 Å². The van der Waals surface area contributed by atoms with E-state index in [1.807, 2.05) is 24.3 Å². The third kappa shape index (κ3) is 3.98. The van der Waals surface area contributed by atoms with Crippen molar-refractivity contribution >= 4 is 11.8 Å². The van der Waals surface area contributed by atoms with E-state index in [0.29, 0.717) is 6.54 Å². The van der Waals surface area contributed by atoms with Crippen LogP contribution < -0.4 is 15.4 Å². The summed E-state index contributed by atoms with van der Waals surface area (Å²) in [6.07, 6.45) is 2.99. The number of nitrogens with one attached hydrogen (secondary N) is 2. The van der Waals surface area contributed by atoms with Gasteiger partial charge in [0.2, 0.25) is 11.8 Å². The molecular formula is C15H20N2O3. The maximum Gasteiger partial charge on any atom is 0.239 e. The molecule has 5 heteroatoms. The molecule has 1 aliphatic carbocycles. The lowest BCUT2D eigenvalue weighted by Gasteiger charge is -2.23. The second-order valence-electron chi connectivity index (χ2n) is 4.97. The van der Waals surface area contributed by atoms with Gasteiger partial charge in [-0.25, -0.2) is 0 Å². The summed E-state index contributed by atoms with van der Waals surface area (Å²) >= 11 is 0. The van der Waals surface area contributed by atoms with E-state index in [1.165, 1.54) is 0 Å². The Labute approximate surface area is 118 Å². The molecule has 1 fully saturated rings. The Bertz CT molecular complexity index is 484. The predicted octanol–water partition coefficient (Wildman–Crippen LogP) is 1.23. The minimum Gasteiger partial charge on any atom is -0.497 e. The van der Waals surface area contributed by atoms with E-state index in [9.17, 15) is 9.59 Å². The number of amides is 2. The normalized spacial score (nSPS) is 14.2. The van der Waals surface area contributed by atoms with Crippen LogP contribution in [0.15, 0.2) is 24.3 Å². The fourth-order valence-electron chi connectivity index (χ4n) is 2.03. The van der Waals surface area contributed by atoms with Crippen LogP contribution in [-0.2, 0) is 16.1 Å². The smallest absolute Gasteiger partial charge is 0.239 e. The lowest BCUT2D eigenvalue weighted by atomic mass is 9.85. The summed E-state index contributed by atoms with van der Waals surface area (Å²) in [6.45, 7) is 0.467. The van der Waals surface area contributed by atoms with Gasteiger partial charge in [0.15, 0.2) is 0 Å². The Morgan fingerprint density at radius 2 is 2.10 bits per heavy atom. The maximum atomic E-state index is 11.6. The minimum absolute atomic E-state index is 0.00668. The van der Waals surface area contributed by atoms with Crippen LogP contribution in [0.1, 0.15) is 24.8 Å². The van der Waals surface area contributed by atoms with Gasteiger partial charge in [-0.15, -0.1) is 0 Å². The van der Waals surface area contributed by atoms with Crippen molar-refractivity contribution in [2.24, 2.45) is 5.92 Å². The zero-order chi connectivity index (χ0) is 14.4. The summed E-state index contributed by atoms with van der Waals surface area (Å²) in [5, 5.41) is 5.44. The van der Waals surface area contributed by atoms with E-state index < -0.39 is 0 Å². The maximum absolute atomic E-state index is 11.6. The largest absolute Gasteiger partial charge is 0.497 e. The zero-order valence-electron chi connectivity index (χ0n) is 11.6. The van der Waals surface area contributed by atoms with Gasteiger partial charge in [0.05, 0.1) is 13.7 Å². The van der Waals surface area contributed by atoms with E-state index in [0.717, 1.165) is 30.6 Å². The molecule has 0 bridgehead atoms. The van der Waals surface area contributed by atoms with Gasteiger partial charge in [0, 0.05) is 12.5 Å². The number of hydrogen-bond acceptors (Lipinski definition) is 3. The monoisotopic (exact) mass is 276 g/mol. The average molecular weight is 276 g/mol. The molecule has 0 radical (unpaired) electrons. The molecule has 1 aromatic rings. The Kier molecular flexibility index (Phi) is 4.98. The standard InChI is InChI=1S/C15H20N2O3/c1-20-13-7-2-4-11(8-13)9-16-14(18)10-17-15(19)12-5-3-6-12/h2,4,7-8,12H,3,5-6,9-10H2,1H3,(H,16,18)(H,17,19). The van der Waals surface area contributed by atoms with Crippen molar-refractivity contribution in [3.8, 4) is 5.75 Å². The molecule has 0 aliphatic heterocycles. The molecule has 0 spiro atoms. The van der Waals surface area contributed by atoms with Gasteiger partial charge < -0.3 is 15.4 Å². The van der Waals surface area contributed by atoms with Crippen LogP contribution in [0.4, 0.5) is 0 Å². The fourth-order valence-corrected chi connectivity index (χ4v) is 2.03. The first-order chi connectivity index (χ1) is 9.69. The molecule has 1 saturated carbocycles. The van der Waals surface area contributed by atoms with Gasteiger partial charge in [-0.05, 0) is 30.5 Å². The highest BCUT2D eigenvalue weighted by Crippen LogP contribution is 2.25. The first-order valence-corrected chi connectivity index (χ1v) is 6.86. The molecular weight excluding hydrogens is 256 g/mol. The summed E-state index contributed by atoms with van der Waals surface area (Å²) < 4.78 is 5.12. The summed E-state index contributed by atoms with van der Waals surface area (Å²) in [6, 6.07) is 7.51.